The Morgan fingerprint density at radius 3 is 1.12 bits per heavy atom. The first-order valence-electron chi connectivity index (χ1n) is 2.81. The first kappa shape index (κ1) is 15.7. The van der Waals surface area contributed by atoms with Gasteiger partial charge in [-0.05, 0) is 0 Å². The molecule has 0 bridgehead atoms. The van der Waals surface area contributed by atoms with Gasteiger partial charge >= 0.3 is 0 Å². The van der Waals surface area contributed by atoms with Gasteiger partial charge in [0.1, 0.15) is 0 Å². The van der Waals surface area contributed by atoms with Crippen molar-refractivity contribution in [3.8, 4) is 0 Å². The highest BCUT2D eigenvalue weighted by atomic mass is 16.6. The minimum atomic E-state index is -0.500. The fourth-order valence-electron chi connectivity index (χ4n) is 0. The molecule has 3 heteroatoms. The molecule has 0 N–H and O–H groups in total. The Morgan fingerprint density at radius 1 is 1.12 bits per heavy atom. The van der Waals surface area contributed by atoms with Gasteiger partial charge in [-0.1, -0.05) is 27.7 Å². The van der Waals surface area contributed by atoms with Crippen molar-refractivity contribution in [3.05, 3.63) is 10.1 Å². The molecule has 0 fully saturated rings. The van der Waals surface area contributed by atoms with Crippen LogP contribution in [0.3, 0.4) is 0 Å². The molecule has 0 aliphatic rings. The van der Waals surface area contributed by atoms with Crippen LogP contribution >= 0.6 is 0 Å². The topological polar surface area (TPSA) is 43.1 Å². The lowest BCUT2D eigenvalue weighted by Gasteiger charge is -1.63. The van der Waals surface area contributed by atoms with E-state index in [1.165, 1.54) is 0 Å². The van der Waals surface area contributed by atoms with Gasteiger partial charge in [0.15, 0.2) is 7.05 Å². The van der Waals surface area contributed by atoms with Crippen molar-refractivity contribution in [1.82, 2.24) is 0 Å². The van der Waals surface area contributed by atoms with E-state index in [1.54, 1.807) is 0 Å². The summed E-state index contributed by atoms with van der Waals surface area (Å²) in [6.45, 7) is 8.00. The molecule has 52 valence electrons. The summed E-state index contributed by atoms with van der Waals surface area (Å²) in [5.74, 6) is 0. The van der Waals surface area contributed by atoms with Gasteiger partial charge in [0, 0.05) is 4.92 Å². The maximum atomic E-state index is 8.81. The van der Waals surface area contributed by atoms with E-state index < -0.39 is 4.92 Å². The summed E-state index contributed by atoms with van der Waals surface area (Å²) >= 11 is 0. The molecule has 0 aliphatic carbocycles. The molecule has 0 aliphatic heterocycles. The number of hydrogen-bond donors (Lipinski definition) is 0. The van der Waals surface area contributed by atoms with E-state index in [9.17, 15) is 0 Å². The molecular formula is C5H15NO2. The average Bonchev–Trinajstić information content (AvgIpc) is 1.75. The zero-order valence-electron chi connectivity index (χ0n) is 6.26. The molecular weight excluding hydrogens is 106 g/mol. The van der Waals surface area contributed by atoms with E-state index in [4.69, 9.17) is 10.1 Å². The Hall–Kier alpha value is -0.600. The Bertz CT molecular complexity index is 33.4. The molecule has 0 rings (SSSR count). The molecule has 0 radical (unpaired) electrons. The summed E-state index contributed by atoms with van der Waals surface area (Å²) in [6, 6.07) is 0. The van der Waals surface area contributed by atoms with Crippen LogP contribution in [-0.4, -0.2) is 12.0 Å². The maximum Gasteiger partial charge on any atom is 0.194 e. The van der Waals surface area contributed by atoms with Crippen LogP contribution in [0, 0.1) is 10.1 Å². The molecule has 0 aromatic rings. The van der Waals surface area contributed by atoms with Crippen LogP contribution in [0.1, 0.15) is 27.7 Å². The summed E-state index contributed by atoms with van der Waals surface area (Å²) in [5, 5.41) is 8.81. The quantitative estimate of drug-likeness (QED) is 0.363. The molecule has 0 heterocycles. The summed E-state index contributed by atoms with van der Waals surface area (Å²) in [5.41, 5.74) is 0. The number of rotatable bonds is 0. The highest BCUT2D eigenvalue weighted by molar-refractivity contribution is 3.91. The van der Waals surface area contributed by atoms with E-state index in [-0.39, 0.29) is 0 Å². The zero-order valence-corrected chi connectivity index (χ0v) is 6.26. The molecule has 3 nitrogen and oxygen atoms in total. The third-order valence-corrected chi connectivity index (χ3v) is 0. The summed E-state index contributed by atoms with van der Waals surface area (Å²) in [4.78, 5) is 8.31. The van der Waals surface area contributed by atoms with Gasteiger partial charge in [0.25, 0.3) is 0 Å². The van der Waals surface area contributed by atoms with Crippen LogP contribution in [-0.2, 0) is 0 Å². The molecule has 0 aromatic carbocycles. The zero-order chi connectivity index (χ0) is 7.58. The lowest BCUT2D eigenvalue weighted by Crippen LogP contribution is -1.79. The predicted octanol–water partition coefficient (Wildman–Crippen LogP) is 1.95. The van der Waals surface area contributed by atoms with Crippen LogP contribution in [0.2, 0.25) is 0 Å². The molecule has 0 amide bonds. The summed E-state index contributed by atoms with van der Waals surface area (Å²) in [6.07, 6.45) is 0. The average molecular weight is 121 g/mol. The van der Waals surface area contributed by atoms with E-state index in [1.807, 2.05) is 27.7 Å². The van der Waals surface area contributed by atoms with Gasteiger partial charge in [0.2, 0.25) is 0 Å². The number of nitrogens with zero attached hydrogens (tertiary/aromatic N) is 1. The normalized spacial score (nSPS) is 4.62. The predicted molar refractivity (Wildman–Crippen MR) is 35.6 cm³/mol. The van der Waals surface area contributed by atoms with Gasteiger partial charge in [-0.25, -0.2) is 0 Å². The second-order valence-corrected chi connectivity index (χ2v) is 0.440. The minimum Gasteiger partial charge on any atom is -0.265 e. The van der Waals surface area contributed by atoms with Crippen molar-refractivity contribution < 1.29 is 4.92 Å². The van der Waals surface area contributed by atoms with Gasteiger partial charge in [-0.3, -0.25) is 10.1 Å². The highest BCUT2D eigenvalue weighted by Crippen LogP contribution is 1.39. The Kier molecular flexibility index (Phi) is 63.4. The van der Waals surface area contributed by atoms with Crippen LogP contribution in [0.4, 0.5) is 0 Å². The molecule has 0 spiro atoms. The Balaban J connectivity index is -0.0000000542. The van der Waals surface area contributed by atoms with Crippen molar-refractivity contribution in [1.29, 1.82) is 0 Å². The lowest BCUT2D eigenvalue weighted by atomic mass is 11.0. The van der Waals surface area contributed by atoms with Crippen LogP contribution in [0.15, 0.2) is 0 Å². The maximum absolute atomic E-state index is 8.81. The molecule has 0 unspecified atom stereocenters. The van der Waals surface area contributed by atoms with Gasteiger partial charge in [0.05, 0.1) is 0 Å². The van der Waals surface area contributed by atoms with E-state index >= 15 is 0 Å². The lowest BCUT2D eigenvalue weighted by molar-refractivity contribution is -0.445. The molecule has 0 saturated heterocycles. The third-order valence-electron chi connectivity index (χ3n) is 0. The van der Waals surface area contributed by atoms with Crippen molar-refractivity contribution in [3.63, 3.8) is 0 Å². The molecule has 0 aromatic heterocycles. The first-order valence-corrected chi connectivity index (χ1v) is 2.81. The first-order chi connectivity index (χ1) is 3.73. The van der Waals surface area contributed by atoms with Crippen LogP contribution in [0.5, 0.6) is 0 Å². The van der Waals surface area contributed by atoms with Gasteiger partial charge in [-0.2, -0.15) is 0 Å². The number of hydrogen-bond acceptors (Lipinski definition) is 2. The SMILES string of the molecule is CC.CC.C[N+](=O)[O-]. The number of nitro groups is 1. The molecule has 0 atom stereocenters. The highest BCUT2D eigenvalue weighted by Gasteiger charge is 1.57. The van der Waals surface area contributed by atoms with Crippen LogP contribution < -0.4 is 0 Å². The summed E-state index contributed by atoms with van der Waals surface area (Å²) in [7, 11) is 0.889. The minimum absolute atomic E-state index is 0.500. The van der Waals surface area contributed by atoms with Gasteiger partial charge < -0.3 is 0 Å². The Labute approximate surface area is 50.9 Å². The van der Waals surface area contributed by atoms with E-state index in [2.05, 4.69) is 0 Å². The van der Waals surface area contributed by atoms with Gasteiger partial charge in [-0.15, -0.1) is 0 Å². The monoisotopic (exact) mass is 121 g/mol. The largest absolute Gasteiger partial charge is 0.265 e. The van der Waals surface area contributed by atoms with Crippen molar-refractivity contribution in [2.45, 2.75) is 27.7 Å². The fraction of sp³-hybridized carbons (Fsp3) is 1.00. The van der Waals surface area contributed by atoms with Crippen molar-refractivity contribution >= 4 is 0 Å². The summed E-state index contributed by atoms with van der Waals surface area (Å²) < 4.78 is 0. The molecule has 8 heavy (non-hydrogen) atoms. The fourth-order valence-corrected chi connectivity index (χ4v) is 0. The second-order valence-electron chi connectivity index (χ2n) is 0.440. The third kappa shape index (κ3) is 290. The second kappa shape index (κ2) is 32.4. The van der Waals surface area contributed by atoms with E-state index in [0.717, 1.165) is 7.05 Å². The standard InChI is InChI=1S/2C2H6.CH3NO2/c2*1-2;1-2(3)4/h2*1-2H3;1H3. The van der Waals surface area contributed by atoms with E-state index in [0.29, 0.717) is 0 Å². The molecule has 0 saturated carbocycles. The van der Waals surface area contributed by atoms with Crippen LogP contribution in [0.25, 0.3) is 0 Å². The van der Waals surface area contributed by atoms with Crippen molar-refractivity contribution in [2.75, 3.05) is 7.05 Å². The smallest absolute Gasteiger partial charge is 0.194 e. The Morgan fingerprint density at radius 2 is 1.12 bits per heavy atom. The van der Waals surface area contributed by atoms with Crippen molar-refractivity contribution in [2.24, 2.45) is 0 Å².